The lowest BCUT2D eigenvalue weighted by molar-refractivity contribution is 0.0943. The zero-order valence-corrected chi connectivity index (χ0v) is 19.5. The fraction of sp³-hybridized carbons (Fsp3) is 0.348. The Morgan fingerprint density at radius 3 is 2.72 bits per heavy atom. The average molecular weight is 481 g/mol. The zero-order chi connectivity index (χ0) is 23.3. The number of amides is 1. The van der Waals surface area contributed by atoms with E-state index in [4.69, 9.17) is 16.3 Å². The molecule has 0 bridgehead atoms. The number of carbonyl (C=O) groups excluding carboxylic acids is 1. The molecule has 0 aliphatic carbocycles. The van der Waals surface area contributed by atoms with Crippen molar-refractivity contribution in [1.29, 1.82) is 0 Å². The van der Waals surface area contributed by atoms with Crippen molar-refractivity contribution in [2.75, 3.05) is 30.9 Å². The molecular formula is C23H26ClFN2O4S. The summed E-state index contributed by atoms with van der Waals surface area (Å²) in [6.07, 6.45) is 3.09. The van der Waals surface area contributed by atoms with Gasteiger partial charge in [0.1, 0.15) is 5.82 Å². The molecule has 1 heterocycles. The van der Waals surface area contributed by atoms with Gasteiger partial charge in [0.05, 0.1) is 18.2 Å². The zero-order valence-electron chi connectivity index (χ0n) is 17.9. The predicted molar refractivity (Wildman–Crippen MR) is 124 cm³/mol. The molecule has 2 aromatic rings. The molecule has 3 rings (SSSR count). The van der Waals surface area contributed by atoms with Crippen molar-refractivity contribution in [1.82, 2.24) is 5.32 Å². The summed E-state index contributed by atoms with van der Waals surface area (Å²) in [6, 6.07) is 11.4. The van der Waals surface area contributed by atoms with Crippen molar-refractivity contribution >= 4 is 33.0 Å². The summed E-state index contributed by atoms with van der Waals surface area (Å²) in [4.78, 5) is 14.5. The number of hydrogen-bond donors (Lipinski definition) is 1. The molecule has 1 amide bonds. The number of carbonyl (C=O) groups is 1. The molecule has 6 nitrogen and oxygen atoms in total. The smallest absolute Gasteiger partial charge is 0.254 e. The van der Waals surface area contributed by atoms with E-state index in [0.29, 0.717) is 36.9 Å². The van der Waals surface area contributed by atoms with Crippen LogP contribution < -0.4 is 10.2 Å². The minimum absolute atomic E-state index is 0.0913. The van der Waals surface area contributed by atoms with Crippen LogP contribution in [0.15, 0.2) is 53.9 Å². The first-order valence-corrected chi connectivity index (χ1v) is 12.6. The van der Waals surface area contributed by atoms with Gasteiger partial charge in [0.25, 0.3) is 5.91 Å². The molecule has 9 heteroatoms. The van der Waals surface area contributed by atoms with E-state index in [0.717, 1.165) is 17.2 Å². The maximum absolute atomic E-state index is 14.9. The Bertz CT molecular complexity index is 1110. The Morgan fingerprint density at radius 2 is 2.03 bits per heavy atom. The molecule has 2 atom stereocenters. The summed E-state index contributed by atoms with van der Waals surface area (Å²) in [6.45, 7) is 3.22. The highest BCUT2D eigenvalue weighted by Gasteiger charge is 2.26. The minimum atomic E-state index is -3.31. The van der Waals surface area contributed by atoms with Crippen molar-refractivity contribution in [3.63, 3.8) is 0 Å². The second kappa shape index (κ2) is 10.5. The third kappa shape index (κ3) is 6.31. The van der Waals surface area contributed by atoms with E-state index in [1.165, 1.54) is 18.2 Å². The van der Waals surface area contributed by atoms with Crippen LogP contribution in [0.3, 0.4) is 0 Å². The average Bonchev–Trinajstić information content (AvgIpc) is 2.98. The van der Waals surface area contributed by atoms with Gasteiger partial charge >= 0.3 is 0 Å². The van der Waals surface area contributed by atoms with Crippen LogP contribution in [0.25, 0.3) is 0 Å². The second-order valence-electron chi connectivity index (χ2n) is 7.72. The van der Waals surface area contributed by atoms with E-state index in [1.807, 2.05) is 29.2 Å². The number of nitrogens with one attached hydrogen (secondary N) is 1. The summed E-state index contributed by atoms with van der Waals surface area (Å²) in [7, 11) is -3.31. The van der Waals surface area contributed by atoms with Crippen molar-refractivity contribution in [3.8, 4) is 0 Å². The molecule has 0 unspecified atom stereocenters. The number of ether oxygens (including phenoxy) is 1. The van der Waals surface area contributed by atoms with Crippen LogP contribution >= 0.6 is 11.6 Å². The van der Waals surface area contributed by atoms with E-state index >= 15 is 0 Å². The van der Waals surface area contributed by atoms with Gasteiger partial charge in [0.2, 0.25) is 0 Å². The van der Waals surface area contributed by atoms with Gasteiger partial charge in [-0.05, 0) is 43.2 Å². The lowest BCUT2D eigenvalue weighted by Gasteiger charge is -2.32. The Morgan fingerprint density at radius 1 is 1.28 bits per heavy atom. The van der Waals surface area contributed by atoms with Gasteiger partial charge < -0.3 is 15.0 Å². The highest BCUT2D eigenvalue weighted by molar-refractivity contribution is 7.93. The Labute approximate surface area is 192 Å². The number of sulfone groups is 1. The lowest BCUT2D eigenvalue weighted by atomic mass is 10.0. The number of benzene rings is 2. The molecule has 0 radical (unpaired) electrons. The largest absolute Gasteiger partial charge is 0.380 e. The van der Waals surface area contributed by atoms with Crippen molar-refractivity contribution in [2.24, 2.45) is 0 Å². The predicted octanol–water partition coefficient (Wildman–Crippen LogP) is 4.12. The highest BCUT2D eigenvalue weighted by Crippen LogP contribution is 2.35. The van der Waals surface area contributed by atoms with E-state index in [1.54, 1.807) is 13.0 Å². The first kappa shape index (κ1) is 24.2. The van der Waals surface area contributed by atoms with Gasteiger partial charge in [-0.3, -0.25) is 4.79 Å². The Kier molecular flexibility index (Phi) is 7.92. The molecule has 2 aromatic carbocycles. The topological polar surface area (TPSA) is 75.7 Å². The molecule has 1 aliphatic rings. The monoisotopic (exact) mass is 480 g/mol. The number of hydrogen-bond acceptors (Lipinski definition) is 5. The maximum atomic E-state index is 14.9. The quantitative estimate of drug-likeness (QED) is 0.673. The number of rotatable bonds is 6. The molecule has 1 N–H and O–H groups in total. The van der Waals surface area contributed by atoms with Gasteiger partial charge in [-0.25, -0.2) is 12.8 Å². The van der Waals surface area contributed by atoms with Gasteiger partial charge in [-0.15, -0.1) is 0 Å². The molecule has 172 valence electrons. The first-order valence-electron chi connectivity index (χ1n) is 10.2. The molecular weight excluding hydrogens is 455 g/mol. The minimum Gasteiger partial charge on any atom is -0.380 e. The molecule has 0 aromatic heterocycles. The van der Waals surface area contributed by atoms with E-state index in [2.05, 4.69) is 5.32 Å². The summed E-state index contributed by atoms with van der Waals surface area (Å²) in [5.41, 5.74) is 1.45. The first-order chi connectivity index (χ1) is 15.2. The third-order valence-electron chi connectivity index (χ3n) is 5.15. The number of anilines is 1. The lowest BCUT2D eigenvalue weighted by Crippen LogP contribution is -2.32. The number of nitrogens with zero attached hydrogens (tertiary/aromatic N) is 1. The maximum Gasteiger partial charge on any atom is 0.254 e. The van der Waals surface area contributed by atoms with Crippen LogP contribution in [0.1, 0.15) is 35.3 Å². The van der Waals surface area contributed by atoms with Crippen molar-refractivity contribution in [3.05, 3.63) is 75.9 Å². The van der Waals surface area contributed by atoms with Crippen LogP contribution in [-0.2, 0) is 14.6 Å². The highest BCUT2D eigenvalue weighted by atomic mass is 35.5. The van der Waals surface area contributed by atoms with Crippen molar-refractivity contribution in [2.45, 2.75) is 25.4 Å². The fourth-order valence-corrected chi connectivity index (χ4v) is 4.39. The molecule has 0 saturated carbocycles. The fourth-order valence-electron chi connectivity index (χ4n) is 3.61. The molecule has 1 fully saturated rings. The van der Waals surface area contributed by atoms with Crippen LogP contribution in [0, 0.1) is 5.82 Å². The molecule has 32 heavy (non-hydrogen) atoms. The summed E-state index contributed by atoms with van der Waals surface area (Å²) in [5, 5.41) is 4.22. The molecule has 1 saturated heterocycles. The second-order valence-corrected chi connectivity index (χ2v) is 10.1. The summed E-state index contributed by atoms with van der Waals surface area (Å²) in [5.74, 6) is -1.29. The summed E-state index contributed by atoms with van der Waals surface area (Å²) < 4.78 is 43.0. The van der Waals surface area contributed by atoms with E-state index in [9.17, 15) is 17.6 Å². The van der Waals surface area contributed by atoms with Gasteiger partial charge in [0, 0.05) is 41.6 Å². The third-order valence-corrected chi connectivity index (χ3v) is 6.15. The normalized spacial score (nSPS) is 18.4. The van der Waals surface area contributed by atoms with Crippen LogP contribution in [0.2, 0.25) is 5.02 Å². The number of halogens is 2. The Hall–Kier alpha value is -2.42. The Balaban J connectivity index is 1.83. The van der Waals surface area contributed by atoms with E-state index < -0.39 is 27.6 Å². The van der Waals surface area contributed by atoms with Gasteiger partial charge in [0.15, 0.2) is 9.84 Å². The SMILES string of the molecule is C[C@H](/C=C/S(C)(=O)=O)NC(=O)c1ccc(N2CCOCC[C@@H]2c2ccccc2Cl)cc1F. The van der Waals surface area contributed by atoms with Crippen LogP contribution in [-0.4, -0.2) is 46.4 Å². The van der Waals surface area contributed by atoms with Crippen molar-refractivity contribution < 1.29 is 22.3 Å². The summed E-state index contributed by atoms with van der Waals surface area (Å²) >= 11 is 6.43. The van der Waals surface area contributed by atoms with E-state index in [-0.39, 0.29) is 11.6 Å². The molecule has 0 spiro atoms. The molecule has 1 aliphatic heterocycles. The van der Waals surface area contributed by atoms with Crippen LogP contribution in [0.4, 0.5) is 10.1 Å². The van der Waals surface area contributed by atoms with Gasteiger partial charge in [-0.2, -0.15) is 0 Å². The standard InChI is InChI=1S/C23H26ClFN2O4S/c1-16(10-14-32(2,29)30)26-23(28)19-8-7-17(15-21(19)25)27-11-13-31-12-9-22(27)18-5-3-4-6-20(18)24/h3-8,10,14-16,22H,9,11-13H2,1-2H3,(H,26,28)/b14-10+/t16-,22-/m1/s1. The van der Waals surface area contributed by atoms with Crippen LogP contribution in [0.5, 0.6) is 0 Å². The van der Waals surface area contributed by atoms with Gasteiger partial charge in [-0.1, -0.05) is 35.9 Å².